The van der Waals surface area contributed by atoms with Crippen molar-refractivity contribution < 1.29 is 0 Å². The van der Waals surface area contributed by atoms with Gasteiger partial charge in [-0.05, 0) is 45.3 Å². The summed E-state index contributed by atoms with van der Waals surface area (Å²) in [6.07, 6.45) is 2.75. The molecule has 2 rings (SSSR count). The molecule has 2 unspecified atom stereocenters. The molecule has 1 aliphatic rings. The van der Waals surface area contributed by atoms with E-state index in [-0.39, 0.29) is 0 Å². The quantitative estimate of drug-likeness (QED) is 0.840. The van der Waals surface area contributed by atoms with Gasteiger partial charge in [0.2, 0.25) is 0 Å². The maximum atomic E-state index is 3.68. The number of nitrogens with one attached hydrogen (secondary N) is 1. The zero-order chi connectivity index (χ0) is 12.1. The Kier molecular flexibility index (Phi) is 4.57. The monoisotopic (exact) mass is 232 g/mol. The molecule has 0 aliphatic carbocycles. The van der Waals surface area contributed by atoms with E-state index >= 15 is 0 Å². The maximum Gasteiger partial charge on any atom is 0.0294 e. The second kappa shape index (κ2) is 6.18. The van der Waals surface area contributed by atoms with Crippen LogP contribution in [0.3, 0.4) is 0 Å². The lowest BCUT2D eigenvalue weighted by molar-refractivity contribution is 0.289. The van der Waals surface area contributed by atoms with Crippen molar-refractivity contribution in [1.29, 1.82) is 0 Å². The van der Waals surface area contributed by atoms with Gasteiger partial charge >= 0.3 is 0 Å². The van der Waals surface area contributed by atoms with Gasteiger partial charge in [0, 0.05) is 18.6 Å². The van der Waals surface area contributed by atoms with Gasteiger partial charge in [-0.15, -0.1) is 0 Å². The first-order valence-electron chi connectivity index (χ1n) is 6.79. The van der Waals surface area contributed by atoms with E-state index in [9.17, 15) is 0 Å². The van der Waals surface area contributed by atoms with Gasteiger partial charge < -0.3 is 10.2 Å². The van der Waals surface area contributed by atoms with Crippen LogP contribution in [0.1, 0.15) is 38.3 Å². The summed E-state index contributed by atoms with van der Waals surface area (Å²) in [4.78, 5) is 2.56. The molecule has 0 radical (unpaired) electrons. The first-order valence-corrected chi connectivity index (χ1v) is 6.79. The molecule has 1 aromatic rings. The van der Waals surface area contributed by atoms with Crippen LogP contribution in [0.25, 0.3) is 0 Å². The Labute approximate surface area is 105 Å². The van der Waals surface area contributed by atoms with Crippen LogP contribution in [-0.2, 0) is 0 Å². The molecule has 1 aliphatic heterocycles. The lowest BCUT2D eigenvalue weighted by atomic mass is 10.1. The van der Waals surface area contributed by atoms with Crippen LogP contribution in [0.2, 0.25) is 0 Å². The molecule has 1 heterocycles. The minimum Gasteiger partial charge on any atom is -0.306 e. The average molecular weight is 232 g/mol. The third-order valence-electron chi connectivity index (χ3n) is 3.56. The fourth-order valence-corrected chi connectivity index (χ4v) is 2.67. The molecule has 1 saturated heterocycles. The fourth-order valence-electron chi connectivity index (χ4n) is 2.67. The molecule has 2 atom stereocenters. The number of hydrogen-bond donors (Lipinski definition) is 1. The van der Waals surface area contributed by atoms with E-state index in [1.807, 2.05) is 0 Å². The molecule has 0 bridgehead atoms. The minimum absolute atomic E-state index is 0.439. The topological polar surface area (TPSA) is 15.3 Å². The Hall–Kier alpha value is -0.860. The van der Waals surface area contributed by atoms with Crippen LogP contribution in [0.4, 0.5) is 0 Å². The van der Waals surface area contributed by atoms with Crippen LogP contribution >= 0.6 is 0 Å². The molecule has 17 heavy (non-hydrogen) atoms. The number of hydrogen-bond acceptors (Lipinski definition) is 2. The number of rotatable bonds is 5. The van der Waals surface area contributed by atoms with E-state index in [0.29, 0.717) is 12.1 Å². The summed E-state index contributed by atoms with van der Waals surface area (Å²) in [6, 6.07) is 11.7. The Balaban J connectivity index is 1.79. The van der Waals surface area contributed by atoms with Gasteiger partial charge in [0.15, 0.2) is 0 Å². The van der Waals surface area contributed by atoms with Gasteiger partial charge in [-0.3, -0.25) is 0 Å². The second-order valence-electron chi connectivity index (χ2n) is 5.21. The highest BCUT2D eigenvalue weighted by atomic mass is 15.2. The summed E-state index contributed by atoms with van der Waals surface area (Å²) in [7, 11) is 0. The molecule has 2 nitrogen and oxygen atoms in total. The summed E-state index contributed by atoms with van der Waals surface area (Å²) in [6.45, 7) is 8.28. The standard InChI is InChI=1S/C15H24N2/c1-13(12-17-10-6-7-11-17)16-14(2)15-8-4-3-5-9-15/h3-5,8-9,13-14,16H,6-7,10-12H2,1-2H3. The summed E-state index contributed by atoms with van der Waals surface area (Å²) in [5.41, 5.74) is 1.38. The zero-order valence-electron chi connectivity index (χ0n) is 11.0. The third kappa shape index (κ3) is 3.83. The van der Waals surface area contributed by atoms with Crippen molar-refractivity contribution >= 4 is 0 Å². The van der Waals surface area contributed by atoms with Gasteiger partial charge in [-0.2, -0.15) is 0 Å². The molecule has 0 amide bonds. The predicted molar refractivity (Wildman–Crippen MR) is 73.1 cm³/mol. The molecule has 1 N–H and O–H groups in total. The van der Waals surface area contributed by atoms with Crippen molar-refractivity contribution in [2.75, 3.05) is 19.6 Å². The van der Waals surface area contributed by atoms with Gasteiger partial charge in [-0.25, -0.2) is 0 Å². The number of likely N-dealkylation sites (tertiary alicyclic amines) is 1. The molecule has 94 valence electrons. The lowest BCUT2D eigenvalue weighted by Crippen LogP contribution is -2.39. The van der Waals surface area contributed by atoms with Crippen molar-refractivity contribution in [3.8, 4) is 0 Å². The van der Waals surface area contributed by atoms with E-state index in [0.717, 1.165) is 0 Å². The van der Waals surface area contributed by atoms with Crippen molar-refractivity contribution in [1.82, 2.24) is 10.2 Å². The Bertz CT molecular complexity index is 317. The summed E-state index contributed by atoms with van der Waals surface area (Å²) < 4.78 is 0. The zero-order valence-corrected chi connectivity index (χ0v) is 11.0. The van der Waals surface area contributed by atoms with Gasteiger partial charge in [0.1, 0.15) is 0 Å². The SMILES string of the molecule is CC(CN1CCCC1)NC(C)c1ccccc1. The second-order valence-corrected chi connectivity index (χ2v) is 5.21. The molecular formula is C15H24N2. The van der Waals surface area contributed by atoms with Crippen LogP contribution in [0, 0.1) is 0 Å². The van der Waals surface area contributed by atoms with Crippen molar-refractivity contribution in [2.24, 2.45) is 0 Å². The molecular weight excluding hydrogens is 208 g/mol. The summed E-state index contributed by atoms with van der Waals surface area (Å²) >= 11 is 0. The maximum absolute atomic E-state index is 3.68. The van der Waals surface area contributed by atoms with E-state index in [1.165, 1.54) is 38.0 Å². The van der Waals surface area contributed by atoms with E-state index in [4.69, 9.17) is 0 Å². The van der Waals surface area contributed by atoms with Gasteiger partial charge in [0.25, 0.3) is 0 Å². The van der Waals surface area contributed by atoms with Crippen LogP contribution in [-0.4, -0.2) is 30.6 Å². The highest BCUT2D eigenvalue weighted by Crippen LogP contribution is 2.13. The average Bonchev–Trinajstić information content (AvgIpc) is 2.82. The summed E-state index contributed by atoms with van der Waals surface area (Å²) in [5, 5.41) is 3.68. The molecule has 0 saturated carbocycles. The lowest BCUT2D eigenvalue weighted by Gasteiger charge is -2.24. The first-order chi connectivity index (χ1) is 8.25. The van der Waals surface area contributed by atoms with E-state index < -0.39 is 0 Å². The Morgan fingerprint density at radius 1 is 1.12 bits per heavy atom. The predicted octanol–water partition coefficient (Wildman–Crippen LogP) is 2.82. The van der Waals surface area contributed by atoms with E-state index in [2.05, 4.69) is 54.4 Å². The normalized spacial score (nSPS) is 20.4. The minimum atomic E-state index is 0.439. The van der Waals surface area contributed by atoms with Crippen LogP contribution in [0.15, 0.2) is 30.3 Å². The largest absolute Gasteiger partial charge is 0.306 e. The molecule has 1 aromatic carbocycles. The smallest absolute Gasteiger partial charge is 0.0294 e. The number of benzene rings is 1. The van der Waals surface area contributed by atoms with Crippen LogP contribution in [0.5, 0.6) is 0 Å². The number of nitrogens with zero attached hydrogens (tertiary/aromatic N) is 1. The van der Waals surface area contributed by atoms with E-state index in [1.54, 1.807) is 0 Å². The van der Waals surface area contributed by atoms with Gasteiger partial charge in [-0.1, -0.05) is 30.3 Å². The van der Waals surface area contributed by atoms with Crippen molar-refractivity contribution in [2.45, 2.75) is 38.8 Å². The first kappa shape index (κ1) is 12.6. The van der Waals surface area contributed by atoms with Gasteiger partial charge in [0.05, 0.1) is 0 Å². The molecule has 1 fully saturated rings. The highest BCUT2D eigenvalue weighted by Gasteiger charge is 2.16. The van der Waals surface area contributed by atoms with Crippen molar-refractivity contribution in [3.63, 3.8) is 0 Å². The van der Waals surface area contributed by atoms with Crippen molar-refractivity contribution in [3.05, 3.63) is 35.9 Å². The fraction of sp³-hybridized carbons (Fsp3) is 0.600. The third-order valence-corrected chi connectivity index (χ3v) is 3.56. The molecule has 2 heteroatoms. The Morgan fingerprint density at radius 3 is 2.41 bits per heavy atom. The molecule has 0 aromatic heterocycles. The Morgan fingerprint density at radius 2 is 1.76 bits per heavy atom. The summed E-state index contributed by atoms with van der Waals surface area (Å²) in [5.74, 6) is 0. The van der Waals surface area contributed by atoms with Crippen LogP contribution < -0.4 is 5.32 Å². The molecule has 0 spiro atoms. The highest BCUT2D eigenvalue weighted by molar-refractivity contribution is 5.18.